The Morgan fingerprint density at radius 3 is 2.77 bits per heavy atom. The fourth-order valence-corrected chi connectivity index (χ4v) is 3.25. The summed E-state index contributed by atoms with van der Waals surface area (Å²) in [7, 11) is 0. The van der Waals surface area contributed by atoms with Crippen molar-refractivity contribution >= 4 is 23.4 Å². The molecule has 8 nitrogen and oxygen atoms in total. The SMILES string of the molecule is O=C1CN(C(=O)c2cc(-c3cc(Cl)cc(OC(F)F)c3)n(-c3cccnc3)n2)CN1. The van der Waals surface area contributed by atoms with Gasteiger partial charge in [-0.1, -0.05) is 11.6 Å². The Bertz CT molecular complexity index is 1110. The maximum absolute atomic E-state index is 12.8. The fraction of sp³-hybridized carbons (Fsp3) is 0.158. The minimum Gasteiger partial charge on any atom is -0.435 e. The standard InChI is InChI=1S/C19H14ClF2N5O3/c20-12-4-11(5-14(6-12)30-19(21)22)16-7-15(18(29)26-9-17(28)24-10-26)25-27(16)13-2-1-3-23-8-13/h1-8,19H,9-10H2,(H,24,28). The summed E-state index contributed by atoms with van der Waals surface area (Å²) in [6.07, 6.45) is 3.11. The predicted molar refractivity (Wildman–Crippen MR) is 102 cm³/mol. The van der Waals surface area contributed by atoms with Gasteiger partial charge >= 0.3 is 6.61 Å². The molecule has 0 aliphatic carbocycles. The average molecular weight is 434 g/mol. The van der Waals surface area contributed by atoms with E-state index in [1.54, 1.807) is 24.4 Å². The van der Waals surface area contributed by atoms with E-state index in [9.17, 15) is 18.4 Å². The Hall–Kier alpha value is -3.53. The van der Waals surface area contributed by atoms with Gasteiger partial charge in [-0.15, -0.1) is 0 Å². The van der Waals surface area contributed by atoms with E-state index in [1.807, 2.05) is 0 Å². The number of benzene rings is 1. The first-order valence-electron chi connectivity index (χ1n) is 8.73. The number of hydrogen-bond acceptors (Lipinski definition) is 5. The first kappa shape index (κ1) is 19.8. The van der Waals surface area contributed by atoms with Crippen molar-refractivity contribution in [1.29, 1.82) is 0 Å². The fourth-order valence-electron chi connectivity index (χ4n) is 3.02. The van der Waals surface area contributed by atoms with E-state index < -0.39 is 12.5 Å². The normalized spacial score (nSPS) is 13.6. The topological polar surface area (TPSA) is 89.4 Å². The van der Waals surface area contributed by atoms with Gasteiger partial charge in [0.1, 0.15) is 12.3 Å². The molecule has 1 saturated heterocycles. The molecule has 0 saturated carbocycles. The van der Waals surface area contributed by atoms with Gasteiger partial charge in [0.15, 0.2) is 5.69 Å². The number of hydrogen-bond donors (Lipinski definition) is 1. The summed E-state index contributed by atoms with van der Waals surface area (Å²) in [6, 6.07) is 9.08. The van der Waals surface area contributed by atoms with Crippen molar-refractivity contribution in [3.05, 3.63) is 59.5 Å². The van der Waals surface area contributed by atoms with Crippen LogP contribution < -0.4 is 10.1 Å². The van der Waals surface area contributed by atoms with Crippen LogP contribution in [0.15, 0.2) is 48.8 Å². The number of carbonyl (C=O) groups excluding carboxylic acids is 2. The van der Waals surface area contributed by atoms with Gasteiger partial charge in [0.05, 0.1) is 24.2 Å². The highest BCUT2D eigenvalue weighted by Gasteiger charge is 2.27. The van der Waals surface area contributed by atoms with E-state index in [-0.39, 0.29) is 35.6 Å². The number of ether oxygens (including phenoxy) is 1. The number of carbonyl (C=O) groups is 2. The Morgan fingerprint density at radius 1 is 1.27 bits per heavy atom. The zero-order valence-electron chi connectivity index (χ0n) is 15.3. The quantitative estimate of drug-likeness (QED) is 0.668. The van der Waals surface area contributed by atoms with Crippen molar-refractivity contribution in [3.8, 4) is 22.7 Å². The second-order valence-corrected chi connectivity index (χ2v) is 6.79. The molecule has 154 valence electrons. The monoisotopic (exact) mass is 433 g/mol. The van der Waals surface area contributed by atoms with Gasteiger partial charge in [-0.05, 0) is 36.4 Å². The lowest BCUT2D eigenvalue weighted by Gasteiger charge is -2.10. The van der Waals surface area contributed by atoms with Crippen LogP contribution in [0.2, 0.25) is 5.02 Å². The summed E-state index contributed by atoms with van der Waals surface area (Å²) < 4.78 is 31.3. The highest BCUT2D eigenvalue weighted by atomic mass is 35.5. The van der Waals surface area contributed by atoms with Gasteiger partial charge in [0.25, 0.3) is 5.91 Å². The maximum atomic E-state index is 12.8. The average Bonchev–Trinajstić information content (AvgIpc) is 3.34. The number of nitrogens with one attached hydrogen (secondary N) is 1. The second-order valence-electron chi connectivity index (χ2n) is 6.35. The Kier molecular flexibility index (Phi) is 5.32. The van der Waals surface area contributed by atoms with Crippen LogP contribution in [-0.2, 0) is 4.79 Å². The minimum absolute atomic E-state index is 0.0710. The van der Waals surface area contributed by atoms with Crippen molar-refractivity contribution in [2.24, 2.45) is 0 Å². The number of alkyl halides is 2. The van der Waals surface area contributed by atoms with E-state index in [2.05, 4.69) is 20.1 Å². The second kappa shape index (κ2) is 8.07. The molecule has 1 aromatic carbocycles. The first-order chi connectivity index (χ1) is 14.4. The van der Waals surface area contributed by atoms with Crippen LogP contribution in [0.4, 0.5) is 8.78 Å². The van der Waals surface area contributed by atoms with Crippen LogP contribution >= 0.6 is 11.6 Å². The molecule has 1 fully saturated rings. The van der Waals surface area contributed by atoms with Crippen LogP contribution in [0.3, 0.4) is 0 Å². The van der Waals surface area contributed by atoms with Crippen molar-refractivity contribution in [3.63, 3.8) is 0 Å². The molecular weight excluding hydrogens is 420 g/mol. The first-order valence-corrected chi connectivity index (χ1v) is 9.11. The molecule has 0 radical (unpaired) electrons. The molecular formula is C19H14ClF2N5O3. The van der Waals surface area contributed by atoms with Crippen LogP contribution in [0.25, 0.3) is 16.9 Å². The zero-order valence-corrected chi connectivity index (χ0v) is 16.0. The molecule has 30 heavy (non-hydrogen) atoms. The van der Waals surface area contributed by atoms with E-state index in [4.69, 9.17) is 11.6 Å². The summed E-state index contributed by atoms with van der Waals surface area (Å²) in [5.41, 5.74) is 1.43. The molecule has 11 heteroatoms. The van der Waals surface area contributed by atoms with Crippen molar-refractivity contribution in [2.75, 3.05) is 13.2 Å². The summed E-state index contributed by atoms with van der Waals surface area (Å²) in [4.78, 5) is 29.6. The third-order valence-electron chi connectivity index (χ3n) is 4.30. The molecule has 0 spiro atoms. The van der Waals surface area contributed by atoms with E-state index in [0.29, 0.717) is 16.9 Å². The summed E-state index contributed by atoms with van der Waals surface area (Å²) in [6.45, 7) is -3.01. The Morgan fingerprint density at radius 2 is 2.10 bits per heavy atom. The number of aromatic nitrogens is 3. The third kappa shape index (κ3) is 4.08. The number of halogens is 3. The molecule has 2 aromatic heterocycles. The van der Waals surface area contributed by atoms with Gasteiger partial charge in [-0.25, -0.2) is 4.68 Å². The van der Waals surface area contributed by atoms with Gasteiger partial charge in [-0.2, -0.15) is 13.9 Å². The highest BCUT2D eigenvalue weighted by molar-refractivity contribution is 6.31. The van der Waals surface area contributed by atoms with Crippen LogP contribution in [0.5, 0.6) is 5.75 Å². The molecule has 0 atom stereocenters. The van der Waals surface area contributed by atoms with Gasteiger partial charge in [0, 0.05) is 16.8 Å². The van der Waals surface area contributed by atoms with Gasteiger partial charge < -0.3 is 15.0 Å². The number of rotatable bonds is 5. The smallest absolute Gasteiger partial charge is 0.387 e. The molecule has 4 rings (SSSR count). The van der Waals surface area contributed by atoms with E-state index >= 15 is 0 Å². The maximum Gasteiger partial charge on any atom is 0.387 e. The summed E-state index contributed by atoms with van der Waals surface area (Å²) >= 11 is 6.08. The van der Waals surface area contributed by atoms with Crippen LogP contribution in [0.1, 0.15) is 10.5 Å². The lowest BCUT2D eigenvalue weighted by Crippen LogP contribution is -2.30. The van der Waals surface area contributed by atoms with Crippen molar-refractivity contribution < 1.29 is 23.1 Å². The summed E-state index contributed by atoms with van der Waals surface area (Å²) in [5, 5.41) is 7.09. The third-order valence-corrected chi connectivity index (χ3v) is 4.52. The molecule has 3 aromatic rings. The van der Waals surface area contributed by atoms with Crippen LogP contribution in [0, 0.1) is 0 Å². The highest BCUT2D eigenvalue weighted by Crippen LogP contribution is 2.31. The Labute approximate surface area is 174 Å². The van der Waals surface area contributed by atoms with E-state index in [1.165, 1.54) is 34.0 Å². The number of amides is 2. The Balaban J connectivity index is 1.80. The van der Waals surface area contributed by atoms with Crippen molar-refractivity contribution in [2.45, 2.75) is 6.61 Å². The van der Waals surface area contributed by atoms with Crippen molar-refractivity contribution in [1.82, 2.24) is 25.0 Å². The molecule has 1 N–H and O–H groups in total. The molecule has 1 aliphatic heterocycles. The van der Waals surface area contributed by atoms with Gasteiger partial charge in [0.2, 0.25) is 5.91 Å². The summed E-state index contributed by atoms with van der Waals surface area (Å²) in [5.74, 6) is -0.851. The van der Waals surface area contributed by atoms with Gasteiger partial charge in [-0.3, -0.25) is 14.6 Å². The predicted octanol–water partition coefficient (Wildman–Crippen LogP) is 2.72. The lowest BCUT2D eigenvalue weighted by atomic mass is 10.1. The van der Waals surface area contributed by atoms with Crippen LogP contribution in [-0.4, -0.2) is 51.3 Å². The molecule has 2 amide bonds. The van der Waals surface area contributed by atoms with E-state index in [0.717, 1.165) is 0 Å². The minimum atomic E-state index is -3.02. The molecule has 0 unspecified atom stereocenters. The molecule has 0 bridgehead atoms. The number of pyridine rings is 1. The largest absolute Gasteiger partial charge is 0.435 e. The molecule has 3 heterocycles. The lowest BCUT2D eigenvalue weighted by molar-refractivity contribution is -0.118. The number of nitrogens with zero attached hydrogens (tertiary/aromatic N) is 4. The zero-order chi connectivity index (χ0) is 21.3. The molecule has 1 aliphatic rings.